The molecule has 8 heteroatoms. The Morgan fingerprint density at radius 1 is 1.30 bits per heavy atom. The van der Waals surface area contributed by atoms with Crippen molar-refractivity contribution in [2.45, 2.75) is 11.8 Å². The van der Waals surface area contributed by atoms with Crippen LogP contribution in [0.1, 0.15) is 11.5 Å². The average molecular weight is 336 g/mol. The number of carbonyl (C=O) groups excluding carboxylic acids is 1. The SMILES string of the molecule is COc1ccc(NC(=O)/C=C/c2ccc(C)o2)cc1S(N)(=O)=O. The van der Waals surface area contributed by atoms with E-state index in [4.69, 9.17) is 14.3 Å². The standard InChI is InChI=1S/C15H16N2O5S/c1-10-3-5-12(22-10)6-8-15(18)17-11-4-7-13(21-2)14(9-11)23(16,19)20/h3-9H,1-2H3,(H,17,18)(H2,16,19,20)/b8-6+. The zero-order chi connectivity index (χ0) is 17.0. The van der Waals surface area contributed by atoms with E-state index in [2.05, 4.69) is 5.32 Å². The monoisotopic (exact) mass is 336 g/mol. The molecule has 0 saturated heterocycles. The molecule has 0 aliphatic rings. The van der Waals surface area contributed by atoms with Crippen LogP contribution in [0.15, 0.2) is 45.7 Å². The minimum Gasteiger partial charge on any atom is -0.495 e. The summed E-state index contributed by atoms with van der Waals surface area (Å²) in [6.07, 6.45) is 2.78. The fourth-order valence-corrected chi connectivity index (χ4v) is 2.58. The summed E-state index contributed by atoms with van der Waals surface area (Å²) < 4.78 is 33.3. The van der Waals surface area contributed by atoms with Gasteiger partial charge in [-0.3, -0.25) is 4.79 Å². The van der Waals surface area contributed by atoms with E-state index in [0.717, 1.165) is 5.76 Å². The highest BCUT2D eigenvalue weighted by atomic mass is 32.2. The van der Waals surface area contributed by atoms with Crippen LogP contribution in [0.4, 0.5) is 5.69 Å². The molecule has 2 rings (SSSR count). The van der Waals surface area contributed by atoms with Crippen molar-refractivity contribution in [2.24, 2.45) is 5.14 Å². The van der Waals surface area contributed by atoms with Gasteiger partial charge in [0.15, 0.2) is 0 Å². The Morgan fingerprint density at radius 3 is 2.61 bits per heavy atom. The van der Waals surface area contributed by atoms with Gasteiger partial charge in [0.2, 0.25) is 15.9 Å². The molecule has 7 nitrogen and oxygen atoms in total. The van der Waals surface area contributed by atoms with Gasteiger partial charge in [0.1, 0.15) is 22.2 Å². The summed E-state index contributed by atoms with van der Waals surface area (Å²) in [7, 11) is -2.64. The third-order valence-corrected chi connectivity index (χ3v) is 3.83. The lowest BCUT2D eigenvalue weighted by Gasteiger charge is -2.09. The minimum atomic E-state index is -3.97. The van der Waals surface area contributed by atoms with Crippen molar-refractivity contribution < 1.29 is 22.4 Å². The van der Waals surface area contributed by atoms with Crippen LogP contribution in [0.25, 0.3) is 6.08 Å². The molecule has 1 aromatic carbocycles. The van der Waals surface area contributed by atoms with E-state index in [1.807, 2.05) is 0 Å². The predicted octanol–water partition coefficient (Wildman–Crippen LogP) is 1.90. The van der Waals surface area contributed by atoms with Gasteiger partial charge in [-0.05, 0) is 43.3 Å². The number of amides is 1. The number of carbonyl (C=O) groups is 1. The second-order valence-corrected chi connectivity index (χ2v) is 6.21. The number of nitrogens with two attached hydrogens (primary N) is 1. The summed E-state index contributed by atoms with van der Waals surface area (Å²) in [5.74, 6) is 0.937. The highest BCUT2D eigenvalue weighted by Crippen LogP contribution is 2.26. The predicted molar refractivity (Wildman–Crippen MR) is 85.5 cm³/mol. The van der Waals surface area contributed by atoms with E-state index >= 15 is 0 Å². The third kappa shape index (κ3) is 4.44. The van der Waals surface area contributed by atoms with Crippen LogP contribution in [0, 0.1) is 6.92 Å². The molecule has 0 saturated carbocycles. The molecule has 0 unspecified atom stereocenters. The minimum absolute atomic E-state index is 0.104. The van der Waals surface area contributed by atoms with Crippen molar-refractivity contribution in [3.8, 4) is 5.75 Å². The van der Waals surface area contributed by atoms with Gasteiger partial charge < -0.3 is 14.5 Å². The van der Waals surface area contributed by atoms with Gasteiger partial charge in [-0.1, -0.05) is 0 Å². The van der Waals surface area contributed by atoms with Crippen molar-refractivity contribution >= 4 is 27.7 Å². The number of hydrogen-bond acceptors (Lipinski definition) is 5. The molecule has 1 heterocycles. The Bertz CT molecular complexity index is 853. The first-order chi connectivity index (χ1) is 10.8. The third-order valence-electron chi connectivity index (χ3n) is 2.90. The first-order valence-electron chi connectivity index (χ1n) is 6.56. The maximum absolute atomic E-state index is 11.9. The van der Waals surface area contributed by atoms with Crippen LogP contribution in [0.3, 0.4) is 0 Å². The van der Waals surface area contributed by atoms with E-state index in [0.29, 0.717) is 5.76 Å². The molecular formula is C15H16N2O5S. The first-order valence-corrected chi connectivity index (χ1v) is 8.10. The van der Waals surface area contributed by atoms with Gasteiger partial charge >= 0.3 is 0 Å². The van der Waals surface area contributed by atoms with Gasteiger partial charge in [0.25, 0.3) is 0 Å². The molecule has 0 aliphatic carbocycles. The first kappa shape index (κ1) is 16.8. The molecule has 2 aromatic rings. The number of nitrogens with one attached hydrogen (secondary N) is 1. The molecule has 3 N–H and O–H groups in total. The second kappa shape index (κ2) is 6.67. The van der Waals surface area contributed by atoms with Crippen molar-refractivity contribution in [1.29, 1.82) is 0 Å². The van der Waals surface area contributed by atoms with Crippen LogP contribution >= 0.6 is 0 Å². The Hall–Kier alpha value is -2.58. The summed E-state index contributed by atoms with van der Waals surface area (Å²) >= 11 is 0. The van der Waals surface area contributed by atoms with Gasteiger partial charge in [-0.15, -0.1) is 0 Å². The Balaban J connectivity index is 2.16. The average Bonchev–Trinajstić information content (AvgIpc) is 2.90. The highest BCUT2D eigenvalue weighted by molar-refractivity contribution is 7.89. The number of methoxy groups -OCH3 is 1. The lowest BCUT2D eigenvalue weighted by Crippen LogP contribution is -2.15. The maximum Gasteiger partial charge on any atom is 0.248 e. The van der Waals surface area contributed by atoms with E-state index in [1.54, 1.807) is 19.1 Å². The van der Waals surface area contributed by atoms with E-state index in [9.17, 15) is 13.2 Å². The van der Waals surface area contributed by atoms with Crippen LogP contribution in [0.5, 0.6) is 5.75 Å². The molecule has 0 atom stereocenters. The van der Waals surface area contributed by atoms with Crippen molar-refractivity contribution in [2.75, 3.05) is 12.4 Å². The van der Waals surface area contributed by atoms with Gasteiger partial charge in [-0.25, -0.2) is 13.6 Å². The van der Waals surface area contributed by atoms with Crippen LogP contribution < -0.4 is 15.2 Å². The number of hydrogen-bond donors (Lipinski definition) is 2. The Labute approximate surface area is 133 Å². The lowest BCUT2D eigenvalue weighted by atomic mass is 10.3. The molecule has 1 amide bonds. The maximum atomic E-state index is 11.9. The van der Waals surface area contributed by atoms with Gasteiger partial charge in [0, 0.05) is 11.8 Å². The van der Waals surface area contributed by atoms with Crippen molar-refractivity contribution in [3.05, 3.63) is 47.9 Å². The quantitative estimate of drug-likeness (QED) is 0.810. The van der Waals surface area contributed by atoms with E-state index in [1.165, 1.54) is 37.5 Å². The summed E-state index contributed by atoms with van der Waals surface area (Å²) in [5.41, 5.74) is 0.278. The largest absolute Gasteiger partial charge is 0.495 e. The van der Waals surface area contributed by atoms with Gasteiger partial charge in [0.05, 0.1) is 7.11 Å². The molecule has 0 fully saturated rings. The molecule has 0 spiro atoms. The number of primary sulfonamides is 1. The number of sulfonamides is 1. The normalized spacial score (nSPS) is 11.6. The number of ether oxygens (including phenoxy) is 1. The summed E-state index contributed by atoms with van der Waals surface area (Å²) in [4.78, 5) is 11.7. The summed E-state index contributed by atoms with van der Waals surface area (Å²) in [6.45, 7) is 1.80. The fraction of sp³-hybridized carbons (Fsp3) is 0.133. The zero-order valence-electron chi connectivity index (χ0n) is 12.6. The Kier molecular flexibility index (Phi) is 4.87. The fourth-order valence-electron chi connectivity index (χ4n) is 1.86. The van der Waals surface area contributed by atoms with Crippen molar-refractivity contribution in [3.63, 3.8) is 0 Å². The van der Waals surface area contributed by atoms with Gasteiger partial charge in [-0.2, -0.15) is 0 Å². The van der Waals surface area contributed by atoms with Crippen LogP contribution in [-0.4, -0.2) is 21.4 Å². The number of rotatable bonds is 5. The number of benzene rings is 1. The highest BCUT2D eigenvalue weighted by Gasteiger charge is 2.16. The number of furan rings is 1. The molecule has 0 aliphatic heterocycles. The van der Waals surface area contributed by atoms with Crippen LogP contribution in [-0.2, 0) is 14.8 Å². The van der Waals surface area contributed by atoms with E-state index in [-0.39, 0.29) is 16.3 Å². The Morgan fingerprint density at radius 2 is 2.04 bits per heavy atom. The molecule has 23 heavy (non-hydrogen) atoms. The van der Waals surface area contributed by atoms with Crippen LogP contribution in [0.2, 0.25) is 0 Å². The van der Waals surface area contributed by atoms with Crippen molar-refractivity contribution in [1.82, 2.24) is 0 Å². The second-order valence-electron chi connectivity index (χ2n) is 4.68. The van der Waals surface area contributed by atoms with E-state index < -0.39 is 15.9 Å². The summed E-state index contributed by atoms with van der Waals surface area (Å²) in [5, 5.41) is 7.66. The molecule has 0 radical (unpaired) electrons. The zero-order valence-corrected chi connectivity index (χ0v) is 13.4. The molecule has 0 bridgehead atoms. The summed E-state index contributed by atoms with van der Waals surface area (Å²) in [6, 6.07) is 7.66. The molecule has 1 aromatic heterocycles. The topological polar surface area (TPSA) is 112 Å². The number of anilines is 1. The smallest absolute Gasteiger partial charge is 0.248 e. The molecular weight excluding hydrogens is 320 g/mol. The molecule has 122 valence electrons. The lowest BCUT2D eigenvalue weighted by molar-refractivity contribution is -0.111. The number of aryl methyl sites for hydroxylation is 1.